The van der Waals surface area contributed by atoms with Gasteiger partial charge in [0.15, 0.2) is 0 Å². The Morgan fingerprint density at radius 2 is 1.30 bits per heavy atom. The number of carbonyl (C=O) groups is 2. The molecular formula is C21H16F2N2O2. The molecule has 0 unspecified atom stereocenters. The normalized spacial score (nSPS) is 10.5. The van der Waals surface area contributed by atoms with Crippen LogP contribution in [-0.4, -0.2) is 11.8 Å². The molecule has 0 fully saturated rings. The lowest BCUT2D eigenvalue weighted by atomic mass is 9.99. The minimum atomic E-state index is -1.09. The van der Waals surface area contributed by atoms with Crippen LogP contribution in [0, 0.1) is 11.6 Å². The monoisotopic (exact) mass is 366 g/mol. The van der Waals surface area contributed by atoms with Crippen LogP contribution in [-0.2, 0) is 9.59 Å². The largest absolute Gasteiger partial charge is 0.337 e. The molecule has 0 saturated carbocycles. The zero-order chi connectivity index (χ0) is 19.2. The topological polar surface area (TPSA) is 58.2 Å². The van der Waals surface area contributed by atoms with Crippen molar-refractivity contribution in [3.05, 3.63) is 102 Å². The van der Waals surface area contributed by atoms with E-state index in [4.69, 9.17) is 0 Å². The maximum absolute atomic E-state index is 13.7. The van der Waals surface area contributed by atoms with Crippen LogP contribution in [0.25, 0.3) is 0 Å². The third-order valence-electron chi connectivity index (χ3n) is 3.92. The zero-order valence-corrected chi connectivity index (χ0v) is 14.2. The predicted octanol–water partition coefficient (Wildman–Crippen LogP) is 3.81. The fourth-order valence-corrected chi connectivity index (χ4v) is 2.62. The number of amides is 2. The molecule has 3 rings (SSSR count). The average Bonchev–Trinajstić information content (AvgIpc) is 2.70. The van der Waals surface area contributed by atoms with Gasteiger partial charge in [-0.05, 0) is 23.3 Å². The van der Waals surface area contributed by atoms with E-state index in [1.165, 1.54) is 0 Å². The predicted molar refractivity (Wildman–Crippen MR) is 97.9 cm³/mol. The van der Waals surface area contributed by atoms with Gasteiger partial charge in [0.05, 0.1) is 11.7 Å². The molecule has 0 aliphatic carbocycles. The second-order valence-corrected chi connectivity index (χ2v) is 5.81. The van der Waals surface area contributed by atoms with Crippen molar-refractivity contribution in [3.63, 3.8) is 0 Å². The fraction of sp³-hybridized carbons (Fsp3) is 0.0476. The smallest absolute Gasteiger partial charge is 0.313 e. The average molecular weight is 366 g/mol. The third kappa shape index (κ3) is 4.55. The Labute approximate surface area is 154 Å². The van der Waals surface area contributed by atoms with Crippen molar-refractivity contribution < 1.29 is 18.4 Å². The molecule has 0 atom stereocenters. The van der Waals surface area contributed by atoms with Crippen LogP contribution in [0.4, 0.5) is 14.5 Å². The van der Waals surface area contributed by atoms with E-state index in [-0.39, 0.29) is 0 Å². The van der Waals surface area contributed by atoms with E-state index < -0.39 is 35.2 Å². The maximum atomic E-state index is 13.7. The Morgan fingerprint density at radius 1 is 0.741 bits per heavy atom. The molecule has 2 amide bonds. The lowest BCUT2D eigenvalue weighted by Gasteiger charge is -2.19. The maximum Gasteiger partial charge on any atom is 0.313 e. The standard InChI is InChI=1S/C21H16F2N2O2/c22-16-11-12-17(23)18(13-16)24-20(26)21(27)25-19(14-7-3-1-4-8-14)15-9-5-2-6-10-15/h1-13,19H,(H,24,26)(H,25,27). The van der Waals surface area contributed by atoms with Crippen LogP contribution in [0.1, 0.15) is 17.2 Å². The molecule has 0 saturated heterocycles. The summed E-state index contributed by atoms with van der Waals surface area (Å²) in [5.74, 6) is -3.61. The summed E-state index contributed by atoms with van der Waals surface area (Å²) in [5.41, 5.74) is 1.16. The number of nitrogens with one attached hydrogen (secondary N) is 2. The first-order valence-corrected chi connectivity index (χ1v) is 8.21. The van der Waals surface area contributed by atoms with E-state index in [1.807, 2.05) is 60.7 Å². The lowest BCUT2D eigenvalue weighted by Crippen LogP contribution is -2.38. The van der Waals surface area contributed by atoms with Gasteiger partial charge in [-0.3, -0.25) is 9.59 Å². The molecule has 0 aromatic heterocycles. The highest BCUT2D eigenvalue weighted by Crippen LogP contribution is 2.22. The van der Waals surface area contributed by atoms with Gasteiger partial charge in [-0.15, -0.1) is 0 Å². The molecular weight excluding hydrogens is 350 g/mol. The minimum absolute atomic E-state index is 0.397. The molecule has 3 aromatic rings. The van der Waals surface area contributed by atoms with Gasteiger partial charge in [0.25, 0.3) is 0 Å². The molecule has 3 aromatic carbocycles. The van der Waals surface area contributed by atoms with E-state index in [9.17, 15) is 18.4 Å². The molecule has 2 N–H and O–H groups in total. The summed E-state index contributed by atoms with van der Waals surface area (Å²) in [6.07, 6.45) is 0. The van der Waals surface area contributed by atoms with E-state index in [0.29, 0.717) is 0 Å². The first-order valence-electron chi connectivity index (χ1n) is 8.21. The van der Waals surface area contributed by atoms with Crippen molar-refractivity contribution >= 4 is 17.5 Å². The number of benzene rings is 3. The van der Waals surface area contributed by atoms with Gasteiger partial charge in [-0.2, -0.15) is 0 Å². The van der Waals surface area contributed by atoms with E-state index >= 15 is 0 Å². The number of halogens is 2. The molecule has 27 heavy (non-hydrogen) atoms. The van der Waals surface area contributed by atoms with Gasteiger partial charge in [0, 0.05) is 6.07 Å². The number of hydrogen-bond acceptors (Lipinski definition) is 2. The van der Waals surface area contributed by atoms with Crippen molar-refractivity contribution in [2.24, 2.45) is 0 Å². The SMILES string of the molecule is O=C(Nc1cc(F)ccc1F)C(=O)NC(c1ccccc1)c1ccccc1. The summed E-state index contributed by atoms with van der Waals surface area (Å²) in [7, 11) is 0. The second-order valence-electron chi connectivity index (χ2n) is 5.81. The number of rotatable bonds is 4. The summed E-state index contributed by atoms with van der Waals surface area (Å²) >= 11 is 0. The van der Waals surface area contributed by atoms with Crippen molar-refractivity contribution in [1.82, 2.24) is 5.32 Å². The van der Waals surface area contributed by atoms with Crippen molar-refractivity contribution in [3.8, 4) is 0 Å². The first kappa shape index (κ1) is 18.3. The highest BCUT2D eigenvalue weighted by Gasteiger charge is 2.22. The van der Waals surface area contributed by atoms with Crippen molar-refractivity contribution in [1.29, 1.82) is 0 Å². The second kappa shape index (κ2) is 8.23. The van der Waals surface area contributed by atoms with Crippen molar-refractivity contribution in [2.75, 3.05) is 5.32 Å². The van der Waals surface area contributed by atoms with Crippen molar-refractivity contribution in [2.45, 2.75) is 6.04 Å². The van der Waals surface area contributed by atoms with E-state index in [0.717, 1.165) is 29.3 Å². The lowest BCUT2D eigenvalue weighted by molar-refractivity contribution is -0.136. The zero-order valence-electron chi connectivity index (χ0n) is 14.2. The summed E-state index contributed by atoms with van der Waals surface area (Å²) in [4.78, 5) is 24.5. The molecule has 0 radical (unpaired) electrons. The van der Waals surface area contributed by atoms with Crippen LogP contribution < -0.4 is 10.6 Å². The number of carbonyl (C=O) groups excluding carboxylic acids is 2. The highest BCUT2D eigenvalue weighted by atomic mass is 19.1. The Bertz CT molecular complexity index is 907. The highest BCUT2D eigenvalue weighted by molar-refractivity contribution is 6.39. The molecule has 136 valence electrons. The Balaban J connectivity index is 1.80. The van der Waals surface area contributed by atoms with Gasteiger partial charge < -0.3 is 10.6 Å². The van der Waals surface area contributed by atoms with Crippen LogP contribution in [0.15, 0.2) is 78.9 Å². The van der Waals surface area contributed by atoms with Crippen LogP contribution in [0.2, 0.25) is 0 Å². The van der Waals surface area contributed by atoms with Crippen LogP contribution in [0.5, 0.6) is 0 Å². The van der Waals surface area contributed by atoms with Crippen LogP contribution in [0.3, 0.4) is 0 Å². The van der Waals surface area contributed by atoms with Gasteiger partial charge >= 0.3 is 11.8 Å². The summed E-state index contributed by atoms with van der Waals surface area (Å²) in [5, 5.41) is 4.73. The molecule has 0 aliphatic heterocycles. The molecule has 0 heterocycles. The number of hydrogen-bond donors (Lipinski definition) is 2. The van der Waals surface area contributed by atoms with Gasteiger partial charge in [0.1, 0.15) is 11.6 Å². The summed E-state index contributed by atoms with van der Waals surface area (Å²) in [6.45, 7) is 0. The quantitative estimate of drug-likeness (QED) is 0.690. The van der Waals surface area contributed by atoms with Gasteiger partial charge in [-0.1, -0.05) is 60.7 Å². The third-order valence-corrected chi connectivity index (χ3v) is 3.92. The van der Waals surface area contributed by atoms with E-state index in [2.05, 4.69) is 10.6 Å². The molecule has 6 heteroatoms. The Hall–Kier alpha value is -3.54. The Morgan fingerprint density at radius 3 is 1.85 bits per heavy atom. The minimum Gasteiger partial charge on any atom is -0.337 e. The van der Waals surface area contributed by atoms with Crippen LogP contribution >= 0.6 is 0 Å². The van der Waals surface area contributed by atoms with Gasteiger partial charge in [-0.25, -0.2) is 8.78 Å². The molecule has 0 bridgehead atoms. The molecule has 0 spiro atoms. The molecule has 4 nitrogen and oxygen atoms in total. The fourth-order valence-electron chi connectivity index (χ4n) is 2.62. The Kier molecular flexibility index (Phi) is 5.56. The molecule has 0 aliphatic rings. The first-order chi connectivity index (χ1) is 13.0. The summed E-state index contributed by atoms with van der Waals surface area (Å²) in [6, 6.07) is 20.3. The number of anilines is 1. The van der Waals surface area contributed by atoms with Gasteiger partial charge in [0.2, 0.25) is 0 Å². The summed E-state index contributed by atoms with van der Waals surface area (Å²) < 4.78 is 26.9. The van der Waals surface area contributed by atoms with E-state index in [1.54, 1.807) is 0 Å².